The van der Waals surface area contributed by atoms with Crippen molar-refractivity contribution in [1.82, 2.24) is 0 Å². The summed E-state index contributed by atoms with van der Waals surface area (Å²) in [6.07, 6.45) is 10.2. The van der Waals surface area contributed by atoms with E-state index >= 15 is 0 Å². The van der Waals surface area contributed by atoms with Gasteiger partial charge in [-0.3, -0.25) is 0 Å². The molecule has 0 bridgehead atoms. The summed E-state index contributed by atoms with van der Waals surface area (Å²) in [5.74, 6) is 1.71. The molecule has 0 radical (unpaired) electrons. The van der Waals surface area contributed by atoms with Crippen molar-refractivity contribution >= 4 is 0 Å². The van der Waals surface area contributed by atoms with Crippen LogP contribution in [0.25, 0.3) is 0 Å². The summed E-state index contributed by atoms with van der Waals surface area (Å²) in [6, 6.07) is 0. The third-order valence-electron chi connectivity index (χ3n) is 3.63. The summed E-state index contributed by atoms with van der Waals surface area (Å²) in [5.41, 5.74) is 0. The van der Waals surface area contributed by atoms with Crippen LogP contribution < -0.4 is 0 Å². The monoisotopic (exact) mass is 272 g/mol. The first-order chi connectivity index (χ1) is 9.20. The maximum atomic E-state index is 5.49. The summed E-state index contributed by atoms with van der Waals surface area (Å²) in [5, 5.41) is 0. The lowest BCUT2D eigenvalue weighted by Gasteiger charge is -2.16. The Bertz CT molecular complexity index is 171. The molecule has 0 heterocycles. The Morgan fingerprint density at radius 3 is 2.00 bits per heavy atom. The van der Waals surface area contributed by atoms with Crippen LogP contribution in [0, 0.1) is 11.8 Å². The second kappa shape index (κ2) is 14.3. The molecule has 0 spiro atoms. The van der Waals surface area contributed by atoms with E-state index in [-0.39, 0.29) is 0 Å². The lowest BCUT2D eigenvalue weighted by atomic mass is 9.91. The zero-order valence-corrected chi connectivity index (χ0v) is 13.7. The number of hydrogen-bond donors (Lipinski definition) is 0. The second-order valence-electron chi connectivity index (χ2n) is 6.02. The van der Waals surface area contributed by atoms with Crippen LogP contribution in [0.5, 0.6) is 0 Å². The molecule has 116 valence electrons. The fourth-order valence-corrected chi connectivity index (χ4v) is 2.58. The van der Waals surface area contributed by atoms with E-state index in [1.54, 1.807) is 0 Å². The highest BCUT2D eigenvalue weighted by Crippen LogP contribution is 2.20. The summed E-state index contributed by atoms with van der Waals surface area (Å²) in [6.45, 7) is 11.4. The van der Waals surface area contributed by atoms with Gasteiger partial charge in [0.25, 0.3) is 0 Å². The third kappa shape index (κ3) is 14.1. The minimum atomic E-state index is 0.477. The van der Waals surface area contributed by atoms with E-state index in [4.69, 9.17) is 9.47 Å². The highest BCUT2D eigenvalue weighted by atomic mass is 16.7. The molecule has 0 N–H and O–H groups in total. The van der Waals surface area contributed by atoms with Gasteiger partial charge in [-0.1, -0.05) is 53.4 Å². The standard InChI is InChI=1S/C17H36O2/c1-5-7-8-12-18-15-19-13-9-11-17(4)14-16(3)10-6-2/h16-17H,5-15H2,1-4H3. The van der Waals surface area contributed by atoms with Gasteiger partial charge in [-0.25, -0.2) is 0 Å². The van der Waals surface area contributed by atoms with Gasteiger partial charge in [0.05, 0.1) is 0 Å². The van der Waals surface area contributed by atoms with Gasteiger partial charge in [0.15, 0.2) is 0 Å². The molecule has 0 saturated heterocycles. The molecule has 0 amide bonds. The molecule has 0 fully saturated rings. The van der Waals surface area contributed by atoms with Gasteiger partial charge in [-0.2, -0.15) is 0 Å². The first kappa shape index (κ1) is 18.9. The van der Waals surface area contributed by atoms with Crippen LogP contribution in [-0.4, -0.2) is 20.0 Å². The molecule has 0 saturated carbocycles. The van der Waals surface area contributed by atoms with E-state index in [1.807, 2.05) is 0 Å². The Labute approximate surface area is 121 Å². The van der Waals surface area contributed by atoms with Crippen LogP contribution in [0.15, 0.2) is 0 Å². The molecule has 2 atom stereocenters. The molecule has 2 heteroatoms. The molecule has 0 aliphatic heterocycles. The average Bonchev–Trinajstić information content (AvgIpc) is 2.37. The highest BCUT2D eigenvalue weighted by molar-refractivity contribution is 4.59. The molecule has 0 aromatic rings. The number of unbranched alkanes of at least 4 members (excludes halogenated alkanes) is 2. The SMILES string of the molecule is CCCCCOCOCCCC(C)CC(C)CCC. The van der Waals surface area contributed by atoms with Gasteiger partial charge in [0.2, 0.25) is 0 Å². The minimum Gasteiger partial charge on any atom is -0.355 e. The molecule has 0 aromatic carbocycles. The lowest BCUT2D eigenvalue weighted by Crippen LogP contribution is -2.06. The fraction of sp³-hybridized carbons (Fsp3) is 1.00. The van der Waals surface area contributed by atoms with Crippen LogP contribution in [0.3, 0.4) is 0 Å². The quantitative estimate of drug-likeness (QED) is 0.311. The van der Waals surface area contributed by atoms with Crippen LogP contribution in [-0.2, 0) is 9.47 Å². The zero-order chi connectivity index (χ0) is 14.3. The van der Waals surface area contributed by atoms with Crippen LogP contribution in [0.4, 0.5) is 0 Å². The van der Waals surface area contributed by atoms with E-state index in [9.17, 15) is 0 Å². The largest absolute Gasteiger partial charge is 0.355 e. The first-order valence-electron chi connectivity index (χ1n) is 8.36. The van der Waals surface area contributed by atoms with E-state index in [0.29, 0.717) is 6.79 Å². The van der Waals surface area contributed by atoms with E-state index in [0.717, 1.165) is 31.5 Å². The smallest absolute Gasteiger partial charge is 0.146 e. The summed E-state index contributed by atoms with van der Waals surface area (Å²) in [7, 11) is 0. The fourth-order valence-electron chi connectivity index (χ4n) is 2.58. The maximum Gasteiger partial charge on any atom is 0.146 e. The maximum absolute atomic E-state index is 5.49. The second-order valence-corrected chi connectivity index (χ2v) is 6.02. The van der Waals surface area contributed by atoms with Crippen molar-refractivity contribution in [1.29, 1.82) is 0 Å². The summed E-state index contributed by atoms with van der Waals surface area (Å²) >= 11 is 0. The molecule has 19 heavy (non-hydrogen) atoms. The van der Waals surface area contributed by atoms with Gasteiger partial charge in [0.1, 0.15) is 6.79 Å². The molecular weight excluding hydrogens is 236 g/mol. The van der Waals surface area contributed by atoms with Gasteiger partial charge >= 0.3 is 0 Å². The van der Waals surface area contributed by atoms with E-state index in [1.165, 1.54) is 44.9 Å². The molecule has 0 aliphatic rings. The van der Waals surface area contributed by atoms with Gasteiger partial charge in [0, 0.05) is 13.2 Å². The zero-order valence-electron chi connectivity index (χ0n) is 13.7. The predicted octanol–water partition coefficient (Wildman–Crippen LogP) is 5.41. The first-order valence-corrected chi connectivity index (χ1v) is 8.36. The molecule has 0 aliphatic carbocycles. The van der Waals surface area contributed by atoms with E-state index < -0.39 is 0 Å². The third-order valence-corrected chi connectivity index (χ3v) is 3.63. The Kier molecular flexibility index (Phi) is 14.3. The van der Waals surface area contributed by atoms with Gasteiger partial charge < -0.3 is 9.47 Å². The average molecular weight is 272 g/mol. The van der Waals surface area contributed by atoms with Crippen LogP contribution in [0.2, 0.25) is 0 Å². The van der Waals surface area contributed by atoms with Crippen molar-refractivity contribution in [3.05, 3.63) is 0 Å². The van der Waals surface area contributed by atoms with E-state index in [2.05, 4.69) is 27.7 Å². The molecular formula is C17H36O2. The van der Waals surface area contributed by atoms with Crippen molar-refractivity contribution in [3.8, 4) is 0 Å². The number of ether oxygens (including phenoxy) is 2. The normalized spacial score (nSPS) is 14.5. The van der Waals surface area contributed by atoms with Crippen molar-refractivity contribution in [2.75, 3.05) is 20.0 Å². The Morgan fingerprint density at radius 2 is 1.37 bits per heavy atom. The Morgan fingerprint density at radius 1 is 0.737 bits per heavy atom. The van der Waals surface area contributed by atoms with Crippen LogP contribution >= 0.6 is 0 Å². The molecule has 0 rings (SSSR count). The molecule has 2 nitrogen and oxygen atoms in total. The minimum absolute atomic E-state index is 0.477. The summed E-state index contributed by atoms with van der Waals surface area (Å²) in [4.78, 5) is 0. The number of hydrogen-bond acceptors (Lipinski definition) is 2. The highest BCUT2D eigenvalue weighted by Gasteiger charge is 2.07. The van der Waals surface area contributed by atoms with Gasteiger partial charge in [-0.15, -0.1) is 0 Å². The lowest BCUT2D eigenvalue weighted by molar-refractivity contribution is -0.0560. The Hall–Kier alpha value is -0.0800. The van der Waals surface area contributed by atoms with Crippen molar-refractivity contribution < 1.29 is 9.47 Å². The molecule has 2 unspecified atom stereocenters. The number of rotatable bonds is 14. The molecule has 0 aromatic heterocycles. The van der Waals surface area contributed by atoms with Crippen molar-refractivity contribution in [2.24, 2.45) is 11.8 Å². The van der Waals surface area contributed by atoms with Crippen molar-refractivity contribution in [2.45, 2.75) is 79.1 Å². The Balaban J connectivity index is 3.20. The summed E-state index contributed by atoms with van der Waals surface area (Å²) < 4.78 is 10.9. The predicted molar refractivity (Wildman–Crippen MR) is 83.4 cm³/mol. The van der Waals surface area contributed by atoms with Gasteiger partial charge in [-0.05, 0) is 37.5 Å². The topological polar surface area (TPSA) is 18.5 Å². The van der Waals surface area contributed by atoms with Crippen LogP contribution in [0.1, 0.15) is 79.1 Å². The van der Waals surface area contributed by atoms with Crippen molar-refractivity contribution in [3.63, 3.8) is 0 Å².